The van der Waals surface area contributed by atoms with E-state index in [1.165, 1.54) is 6.07 Å². The predicted molar refractivity (Wildman–Crippen MR) is 145 cm³/mol. The number of nitrogens with zero attached hydrogens (tertiary/aromatic N) is 4. The summed E-state index contributed by atoms with van der Waals surface area (Å²) >= 11 is 6.26. The first-order valence-corrected chi connectivity index (χ1v) is 12.2. The van der Waals surface area contributed by atoms with Crippen LogP contribution in [0.4, 0.5) is 15.9 Å². The fraction of sp³-hybridized carbons (Fsp3) is 0.179. The standard InChI is InChI=1S/C28H26ClFN6O/c1-4-15-5-9-22(30)20(11-15)25(23-13-16-12-18(31)7-8-19(16)26(32)33-23)28-34-27(35-36(28)2)21-14-17(29)6-10-24(21)37-3/h5-14,25H,4,31H2,1-3H3,(H2,32,33). The SMILES string of the molecule is CCc1ccc(F)c(C(c2cc3cc(N)ccc3c(N)n2)c2nc(-c3cc(Cl)ccc3OC)nn2C)c1. The minimum Gasteiger partial charge on any atom is -0.496 e. The van der Waals surface area contributed by atoms with Crippen LogP contribution in [0.3, 0.4) is 0 Å². The van der Waals surface area contributed by atoms with Crippen LogP contribution in [-0.4, -0.2) is 26.9 Å². The number of halogens is 2. The van der Waals surface area contributed by atoms with E-state index in [2.05, 4.69) is 5.10 Å². The molecule has 37 heavy (non-hydrogen) atoms. The van der Waals surface area contributed by atoms with Gasteiger partial charge in [0.05, 0.1) is 24.3 Å². The van der Waals surface area contributed by atoms with Gasteiger partial charge in [-0.15, -0.1) is 0 Å². The number of aromatic nitrogens is 4. The van der Waals surface area contributed by atoms with Crippen molar-refractivity contribution >= 4 is 33.9 Å². The van der Waals surface area contributed by atoms with Gasteiger partial charge in [-0.3, -0.25) is 4.68 Å². The Labute approximate surface area is 218 Å². The van der Waals surface area contributed by atoms with Gasteiger partial charge < -0.3 is 16.2 Å². The summed E-state index contributed by atoms with van der Waals surface area (Å²) in [6.45, 7) is 2.02. The lowest BCUT2D eigenvalue weighted by atomic mass is 9.91. The molecule has 4 N–H and O–H groups in total. The number of methoxy groups -OCH3 is 1. The summed E-state index contributed by atoms with van der Waals surface area (Å²) < 4.78 is 22.6. The van der Waals surface area contributed by atoms with Gasteiger partial charge in [-0.05, 0) is 65.9 Å². The zero-order valence-corrected chi connectivity index (χ0v) is 21.4. The molecule has 0 fully saturated rings. The quantitative estimate of drug-likeness (QED) is 0.279. The van der Waals surface area contributed by atoms with Crippen LogP contribution in [0.25, 0.3) is 22.2 Å². The monoisotopic (exact) mass is 516 g/mol. The Hall–Kier alpha value is -4.17. The minimum absolute atomic E-state index is 0.323. The van der Waals surface area contributed by atoms with Crippen LogP contribution < -0.4 is 16.2 Å². The molecule has 0 saturated carbocycles. The van der Waals surface area contributed by atoms with Crippen LogP contribution in [0.15, 0.2) is 60.7 Å². The number of ether oxygens (including phenoxy) is 1. The first-order valence-electron chi connectivity index (χ1n) is 11.8. The number of benzene rings is 3. The molecule has 0 aliphatic carbocycles. The number of nitrogens with two attached hydrogens (primary N) is 2. The van der Waals surface area contributed by atoms with E-state index in [4.69, 9.17) is 37.8 Å². The minimum atomic E-state index is -0.698. The largest absolute Gasteiger partial charge is 0.496 e. The van der Waals surface area contributed by atoms with Crippen molar-refractivity contribution in [2.45, 2.75) is 19.3 Å². The molecule has 1 unspecified atom stereocenters. The average Bonchev–Trinajstić information content (AvgIpc) is 3.26. The van der Waals surface area contributed by atoms with E-state index < -0.39 is 5.92 Å². The summed E-state index contributed by atoms with van der Waals surface area (Å²) in [6, 6.07) is 17.6. The molecular weight excluding hydrogens is 491 g/mol. The van der Waals surface area contributed by atoms with Crippen LogP contribution in [0.5, 0.6) is 5.75 Å². The fourth-order valence-electron chi connectivity index (χ4n) is 4.55. The second-order valence-corrected chi connectivity index (χ2v) is 9.25. The van der Waals surface area contributed by atoms with Crippen LogP contribution in [0.1, 0.15) is 35.5 Å². The number of hydrogen-bond donors (Lipinski definition) is 2. The summed E-state index contributed by atoms with van der Waals surface area (Å²) in [4.78, 5) is 9.54. The molecule has 0 spiro atoms. The molecule has 5 aromatic rings. The number of rotatable bonds is 6. The number of fused-ring (bicyclic) bond motifs is 1. The Bertz CT molecular complexity index is 1630. The maximum Gasteiger partial charge on any atom is 0.185 e. The van der Waals surface area contributed by atoms with E-state index in [-0.39, 0.29) is 5.82 Å². The van der Waals surface area contributed by atoms with Crippen LogP contribution >= 0.6 is 11.6 Å². The van der Waals surface area contributed by atoms with E-state index >= 15 is 4.39 Å². The summed E-state index contributed by atoms with van der Waals surface area (Å²) in [5.74, 6) is 0.701. The highest BCUT2D eigenvalue weighted by atomic mass is 35.5. The zero-order valence-electron chi connectivity index (χ0n) is 20.7. The molecule has 0 amide bonds. The van der Waals surface area contributed by atoms with Crippen molar-refractivity contribution in [2.24, 2.45) is 7.05 Å². The van der Waals surface area contributed by atoms with E-state index in [0.29, 0.717) is 50.7 Å². The molecule has 0 aliphatic heterocycles. The molecule has 0 saturated heterocycles. The maximum absolute atomic E-state index is 15.5. The Morgan fingerprint density at radius 2 is 1.84 bits per heavy atom. The molecule has 0 radical (unpaired) electrons. The van der Waals surface area contributed by atoms with Crippen molar-refractivity contribution in [1.82, 2.24) is 19.7 Å². The number of nitrogen functional groups attached to an aromatic ring is 2. The molecule has 2 aromatic heterocycles. The maximum atomic E-state index is 15.5. The molecule has 5 rings (SSSR count). The molecule has 7 nitrogen and oxygen atoms in total. The second-order valence-electron chi connectivity index (χ2n) is 8.82. The Balaban J connectivity index is 1.77. The van der Waals surface area contributed by atoms with Crippen molar-refractivity contribution in [3.8, 4) is 17.1 Å². The Morgan fingerprint density at radius 1 is 1.03 bits per heavy atom. The number of pyridine rings is 1. The fourth-order valence-corrected chi connectivity index (χ4v) is 4.73. The third kappa shape index (κ3) is 4.56. The highest BCUT2D eigenvalue weighted by Gasteiger charge is 2.29. The van der Waals surface area contributed by atoms with Crippen molar-refractivity contribution in [3.05, 3.63) is 94.1 Å². The molecular formula is C28H26ClFN6O. The molecule has 0 bridgehead atoms. The number of hydrogen-bond acceptors (Lipinski definition) is 6. The third-order valence-corrected chi connectivity index (χ3v) is 6.67. The molecule has 188 valence electrons. The molecule has 1 atom stereocenters. The molecule has 0 aliphatic rings. The summed E-state index contributed by atoms with van der Waals surface area (Å²) in [7, 11) is 3.33. The topological polar surface area (TPSA) is 105 Å². The van der Waals surface area contributed by atoms with Gasteiger partial charge in [0, 0.05) is 28.7 Å². The van der Waals surface area contributed by atoms with Crippen LogP contribution in [-0.2, 0) is 13.5 Å². The summed E-state index contributed by atoms with van der Waals surface area (Å²) in [5, 5.41) is 6.73. The Morgan fingerprint density at radius 3 is 2.59 bits per heavy atom. The van der Waals surface area contributed by atoms with Crippen molar-refractivity contribution < 1.29 is 9.13 Å². The number of aryl methyl sites for hydroxylation is 2. The first-order chi connectivity index (χ1) is 17.8. The lowest BCUT2D eigenvalue weighted by Gasteiger charge is -2.19. The van der Waals surface area contributed by atoms with Crippen LogP contribution in [0, 0.1) is 5.82 Å². The van der Waals surface area contributed by atoms with E-state index in [9.17, 15) is 0 Å². The van der Waals surface area contributed by atoms with E-state index in [0.717, 1.165) is 22.8 Å². The third-order valence-electron chi connectivity index (χ3n) is 6.44. The highest BCUT2D eigenvalue weighted by molar-refractivity contribution is 6.30. The van der Waals surface area contributed by atoms with Crippen molar-refractivity contribution in [3.63, 3.8) is 0 Å². The highest BCUT2D eigenvalue weighted by Crippen LogP contribution is 2.37. The lowest BCUT2D eigenvalue weighted by molar-refractivity contribution is 0.416. The molecule has 2 heterocycles. The van der Waals surface area contributed by atoms with Gasteiger partial charge in [0.15, 0.2) is 5.82 Å². The smallest absolute Gasteiger partial charge is 0.185 e. The summed E-state index contributed by atoms with van der Waals surface area (Å²) in [5.41, 5.74) is 15.6. The van der Waals surface area contributed by atoms with E-state index in [1.807, 2.05) is 31.2 Å². The van der Waals surface area contributed by atoms with Gasteiger partial charge >= 0.3 is 0 Å². The normalized spacial score (nSPS) is 12.1. The average molecular weight is 517 g/mol. The van der Waals surface area contributed by atoms with Gasteiger partial charge in [0.25, 0.3) is 0 Å². The first kappa shape index (κ1) is 24.5. The van der Waals surface area contributed by atoms with Gasteiger partial charge in [0.2, 0.25) is 0 Å². The second kappa shape index (κ2) is 9.71. The van der Waals surface area contributed by atoms with Gasteiger partial charge in [-0.1, -0.05) is 30.7 Å². The van der Waals surface area contributed by atoms with Crippen LogP contribution in [0.2, 0.25) is 5.02 Å². The van der Waals surface area contributed by atoms with Crippen molar-refractivity contribution in [1.29, 1.82) is 0 Å². The van der Waals surface area contributed by atoms with Crippen molar-refractivity contribution in [2.75, 3.05) is 18.6 Å². The van der Waals surface area contributed by atoms with Gasteiger partial charge in [-0.2, -0.15) is 5.10 Å². The predicted octanol–water partition coefficient (Wildman–Crippen LogP) is 5.74. The number of anilines is 2. The molecule has 3 aromatic carbocycles. The lowest BCUT2D eigenvalue weighted by Crippen LogP contribution is -2.14. The Kier molecular flexibility index (Phi) is 6.43. The van der Waals surface area contributed by atoms with E-state index in [1.54, 1.807) is 49.2 Å². The zero-order chi connectivity index (χ0) is 26.3. The summed E-state index contributed by atoms with van der Waals surface area (Å²) in [6.07, 6.45) is 0.744. The van der Waals surface area contributed by atoms with Gasteiger partial charge in [0.1, 0.15) is 23.2 Å². The molecule has 9 heteroatoms. The van der Waals surface area contributed by atoms with Gasteiger partial charge in [-0.25, -0.2) is 14.4 Å².